The summed E-state index contributed by atoms with van der Waals surface area (Å²) >= 11 is 0. The standard InChI is InChI=1S/C20H35N5O.HI/c1-21-20(23-18-13-17(18)15-5-3-2-4-6-15)25-11-9-24(10-12-25)14-19(26)22-16-7-8-16;/h15-18H,2-14H2,1H3,(H,21,23)(H,22,26);1H. The third-order valence-electron chi connectivity index (χ3n) is 6.60. The van der Waals surface area contributed by atoms with Crippen LogP contribution in [0.5, 0.6) is 0 Å². The number of hydrogen-bond acceptors (Lipinski definition) is 3. The molecule has 3 saturated carbocycles. The number of aliphatic imine (C=N–C) groups is 1. The number of amides is 1. The first-order chi connectivity index (χ1) is 12.7. The molecule has 1 saturated heterocycles. The second-order valence-electron chi connectivity index (χ2n) is 8.70. The molecule has 6 nitrogen and oxygen atoms in total. The lowest BCUT2D eigenvalue weighted by atomic mass is 9.85. The van der Waals surface area contributed by atoms with E-state index in [4.69, 9.17) is 0 Å². The van der Waals surface area contributed by atoms with Gasteiger partial charge in [0.05, 0.1) is 6.54 Å². The predicted octanol–water partition coefficient (Wildman–Crippen LogP) is 2.04. The Hall–Kier alpha value is -0.570. The van der Waals surface area contributed by atoms with E-state index >= 15 is 0 Å². The van der Waals surface area contributed by atoms with E-state index in [1.54, 1.807) is 0 Å². The number of halogens is 1. The molecule has 154 valence electrons. The van der Waals surface area contributed by atoms with Crippen molar-refractivity contribution in [2.45, 2.75) is 63.5 Å². The van der Waals surface area contributed by atoms with Crippen LogP contribution >= 0.6 is 24.0 Å². The predicted molar refractivity (Wildman–Crippen MR) is 120 cm³/mol. The topological polar surface area (TPSA) is 60.0 Å². The maximum atomic E-state index is 12.0. The molecule has 4 aliphatic rings. The zero-order valence-electron chi connectivity index (χ0n) is 16.7. The number of carbonyl (C=O) groups excluding carboxylic acids is 1. The molecule has 1 amide bonds. The van der Waals surface area contributed by atoms with Crippen molar-refractivity contribution in [3.63, 3.8) is 0 Å². The molecule has 0 aromatic rings. The fourth-order valence-corrected chi connectivity index (χ4v) is 4.75. The van der Waals surface area contributed by atoms with Gasteiger partial charge in [0.15, 0.2) is 5.96 Å². The molecule has 0 aromatic heterocycles. The largest absolute Gasteiger partial charge is 0.353 e. The molecule has 7 heteroatoms. The summed E-state index contributed by atoms with van der Waals surface area (Å²) in [5.41, 5.74) is 0. The molecule has 0 radical (unpaired) electrons. The zero-order chi connectivity index (χ0) is 17.9. The molecule has 2 unspecified atom stereocenters. The Morgan fingerprint density at radius 2 is 1.70 bits per heavy atom. The average molecular weight is 489 g/mol. The molecule has 4 rings (SSSR count). The van der Waals surface area contributed by atoms with E-state index in [9.17, 15) is 4.79 Å². The van der Waals surface area contributed by atoms with Crippen LogP contribution in [0.25, 0.3) is 0 Å². The van der Waals surface area contributed by atoms with E-state index < -0.39 is 0 Å². The summed E-state index contributed by atoms with van der Waals surface area (Å²) in [4.78, 5) is 21.1. The second kappa shape index (κ2) is 9.76. The number of nitrogens with zero attached hydrogens (tertiary/aromatic N) is 3. The molecule has 0 spiro atoms. The van der Waals surface area contributed by atoms with Crippen molar-refractivity contribution in [3.8, 4) is 0 Å². The number of hydrogen-bond donors (Lipinski definition) is 2. The van der Waals surface area contributed by atoms with Crippen molar-refractivity contribution in [2.75, 3.05) is 39.8 Å². The van der Waals surface area contributed by atoms with E-state index in [1.165, 1.54) is 38.5 Å². The quantitative estimate of drug-likeness (QED) is 0.353. The Labute approximate surface area is 180 Å². The molecular formula is C20H36IN5O. The lowest BCUT2D eigenvalue weighted by molar-refractivity contribution is -0.122. The molecule has 1 heterocycles. The first-order valence-electron chi connectivity index (χ1n) is 10.7. The summed E-state index contributed by atoms with van der Waals surface area (Å²) < 4.78 is 0. The first kappa shape index (κ1) is 21.1. The maximum Gasteiger partial charge on any atom is 0.234 e. The second-order valence-corrected chi connectivity index (χ2v) is 8.70. The van der Waals surface area contributed by atoms with Gasteiger partial charge in [-0.25, -0.2) is 0 Å². The van der Waals surface area contributed by atoms with Crippen molar-refractivity contribution in [2.24, 2.45) is 16.8 Å². The highest BCUT2D eigenvalue weighted by molar-refractivity contribution is 14.0. The average Bonchev–Trinajstić information content (AvgIpc) is 3.58. The molecule has 2 atom stereocenters. The normalized spacial score (nSPS) is 29.8. The lowest BCUT2D eigenvalue weighted by Gasteiger charge is -2.36. The van der Waals surface area contributed by atoms with Crippen LogP contribution < -0.4 is 10.6 Å². The van der Waals surface area contributed by atoms with Gasteiger partial charge in [0.25, 0.3) is 0 Å². The Kier molecular flexibility index (Phi) is 7.65. The zero-order valence-corrected chi connectivity index (χ0v) is 19.0. The number of piperazine rings is 1. The van der Waals surface area contributed by atoms with Crippen molar-refractivity contribution in [1.82, 2.24) is 20.4 Å². The van der Waals surface area contributed by atoms with Crippen molar-refractivity contribution in [3.05, 3.63) is 0 Å². The first-order valence-corrected chi connectivity index (χ1v) is 10.7. The van der Waals surface area contributed by atoms with Crippen LogP contribution in [0.1, 0.15) is 51.4 Å². The summed E-state index contributed by atoms with van der Waals surface area (Å²) in [5, 5.41) is 6.81. The molecule has 3 aliphatic carbocycles. The van der Waals surface area contributed by atoms with Gasteiger partial charge in [-0.3, -0.25) is 14.7 Å². The van der Waals surface area contributed by atoms with Gasteiger partial charge in [-0.1, -0.05) is 32.1 Å². The number of nitrogens with one attached hydrogen (secondary N) is 2. The molecule has 1 aliphatic heterocycles. The lowest BCUT2D eigenvalue weighted by Crippen LogP contribution is -2.54. The summed E-state index contributed by atoms with van der Waals surface area (Å²) in [6.07, 6.45) is 10.8. The third kappa shape index (κ3) is 5.95. The van der Waals surface area contributed by atoms with Crippen LogP contribution in [0.15, 0.2) is 4.99 Å². The minimum Gasteiger partial charge on any atom is -0.353 e. The number of rotatable bonds is 5. The molecule has 27 heavy (non-hydrogen) atoms. The van der Waals surface area contributed by atoms with Crippen LogP contribution in [0.4, 0.5) is 0 Å². The molecular weight excluding hydrogens is 453 g/mol. The van der Waals surface area contributed by atoms with Gasteiger partial charge in [0, 0.05) is 45.3 Å². The van der Waals surface area contributed by atoms with Crippen LogP contribution in [0, 0.1) is 11.8 Å². The van der Waals surface area contributed by atoms with Crippen LogP contribution in [0.2, 0.25) is 0 Å². The van der Waals surface area contributed by atoms with Gasteiger partial charge in [-0.2, -0.15) is 0 Å². The van der Waals surface area contributed by atoms with Gasteiger partial charge in [0.2, 0.25) is 5.91 Å². The van der Waals surface area contributed by atoms with E-state index in [0.717, 1.165) is 56.8 Å². The Bertz CT molecular complexity index is 524. The minimum absolute atomic E-state index is 0. The van der Waals surface area contributed by atoms with Crippen LogP contribution in [-0.2, 0) is 4.79 Å². The van der Waals surface area contributed by atoms with Crippen molar-refractivity contribution >= 4 is 35.8 Å². The van der Waals surface area contributed by atoms with Crippen LogP contribution in [0.3, 0.4) is 0 Å². The smallest absolute Gasteiger partial charge is 0.234 e. The molecule has 0 aromatic carbocycles. The minimum atomic E-state index is 0. The summed E-state index contributed by atoms with van der Waals surface area (Å²) in [6, 6.07) is 1.10. The van der Waals surface area contributed by atoms with E-state index in [1.807, 2.05) is 7.05 Å². The third-order valence-corrected chi connectivity index (χ3v) is 6.60. The Balaban J connectivity index is 0.00000210. The SMILES string of the molecule is CN=C(NC1CC1C1CCCCC1)N1CCN(CC(=O)NC2CC2)CC1.I. The Morgan fingerprint density at radius 3 is 2.33 bits per heavy atom. The summed E-state index contributed by atoms with van der Waals surface area (Å²) in [6.45, 7) is 4.34. The number of carbonyl (C=O) groups is 1. The summed E-state index contributed by atoms with van der Waals surface area (Å²) in [7, 11) is 1.90. The van der Waals surface area contributed by atoms with Gasteiger partial charge in [-0.05, 0) is 31.1 Å². The maximum absolute atomic E-state index is 12.0. The highest BCUT2D eigenvalue weighted by Crippen LogP contribution is 2.44. The summed E-state index contributed by atoms with van der Waals surface area (Å²) in [5.74, 6) is 3.08. The highest BCUT2D eigenvalue weighted by atomic mass is 127. The fourth-order valence-electron chi connectivity index (χ4n) is 4.75. The molecule has 4 fully saturated rings. The Morgan fingerprint density at radius 1 is 1.00 bits per heavy atom. The van der Waals surface area contributed by atoms with Gasteiger partial charge in [-0.15, -0.1) is 24.0 Å². The molecule has 2 N–H and O–H groups in total. The molecule has 0 bridgehead atoms. The van der Waals surface area contributed by atoms with Crippen LogP contribution in [-0.4, -0.2) is 73.5 Å². The van der Waals surface area contributed by atoms with E-state index in [-0.39, 0.29) is 29.9 Å². The van der Waals surface area contributed by atoms with E-state index in [2.05, 4.69) is 25.4 Å². The monoisotopic (exact) mass is 489 g/mol. The van der Waals surface area contributed by atoms with Gasteiger partial charge < -0.3 is 15.5 Å². The number of guanidine groups is 1. The van der Waals surface area contributed by atoms with Gasteiger partial charge in [0.1, 0.15) is 0 Å². The highest BCUT2D eigenvalue weighted by Gasteiger charge is 2.43. The fraction of sp³-hybridized carbons (Fsp3) is 0.900. The van der Waals surface area contributed by atoms with E-state index in [0.29, 0.717) is 18.6 Å². The van der Waals surface area contributed by atoms with Crippen molar-refractivity contribution in [1.29, 1.82) is 0 Å². The van der Waals surface area contributed by atoms with Gasteiger partial charge >= 0.3 is 0 Å². The van der Waals surface area contributed by atoms with Crippen molar-refractivity contribution < 1.29 is 4.79 Å².